The van der Waals surface area contributed by atoms with Crippen LogP contribution in [0, 0.1) is 13.8 Å². The Balaban J connectivity index is 1.62. The van der Waals surface area contributed by atoms with Gasteiger partial charge in [0.1, 0.15) is 23.7 Å². The zero-order chi connectivity index (χ0) is 26.5. The average molecular weight is 492 g/mol. The molecule has 3 aromatic rings. The van der Waals surface area contributed by atoms with Gasteiger partial charge < -0.3 is 20.4 Å². The van der Waals surface area contributed by atoms with Gasteiger partial charge in [-0.15, -0.1) is 0 Å². The smallest absolute Gasteiger partial charge is 0.413 e. The lowest BCUT2D eigenvalue weighted by Gasteiger charge is -2.19. The van der Waals surface area contributed by atoms with Crippen LogP contribution in [0.4, 0.5) is 16.3 Å². The van der Waals surface area contributed by atoms with Gasteiger partial charge in [0.25, 0.3) is 5.56 Å². The van der Waals surface area contributed by atoms with Crippen LogP contribution in [0.25, 0.3) is 0 Å². The molecule has 0 atom stereocenters. The van der Waals surface area contributed by atoms with Gasteiger partial charge in [0.15, 0.2) is 0 Å². The molecular formula is C27H33N5O4. The first-order valence-corrected chi connectivity index (χ1v) is 11.7. The fraction of sp³-hybridized carbons (Fsp3) is 0.333. The number of nitrogens with zero attached hydrogens (tertiary/aromatic N) is 2. The number of hydrogen-bond donors (Lipinski definition) is 3. The van der Waals surface area contributed by atoms with Crippen LogP contribution in [0.3, 0.4) is 0 Å². The number of amides is 2. The van der Waals surface area contributed by atoms with Crippen molar-refractivity contribution in [2.75, 3.05) is 11.1 Å². The molecule has 2 amide bonds. The molecule has 3 rings (SSSR count). The Morgan fingerprint density at radius 1 is 1.06 bits per heavy atom. The number of nitrogen functional groups attached to an aromatic ring is 1. The highest BCUT2D eigenvalue weighted by molar-refractivity contribution is 5.83. The van der Waals surface area contributed by atoms with E-state index in [0.29, 0.717) is 23.6 Å². The zero-order valence-electron chi connectivity index (χ0n) is 21.3. The Morgan fingerprint density at radius 3 is 2.39 bits per heavy atom. The SMILES string of the molecule is Cc1nc(NC(=O)OC(C)(C)C)ccc1CNC(=O)Cn1c(C)cc(Cc2ccccc2)c(N)c1=O. The van der Waals surface area contributed by atoms with E-state index in [2.05, 4.69) is 15.6 Å². The van der Waals surface area contributed by atoms with Gasteiger partial charge in [-0.3, -0.25) is 14.9 Å². The van der Waals surface area contributed by atoms with Crippen LogP contribution in [0.5, 0.6) is 0 Å². The maximum atomic E-state index is 12.9. The average Bonchev–Trinajstić information content (AvgIpc) is 2.79. The van der Waals surface area contributed by atoms with Gasteiger partial charge in [-0.1, -0.05) is 36.4 Å². The number of nitrogens with one attached hydrogen (secondary N) is 2. The molecule has 36 heavy (non-hydrogen) atoms. The summed E-state index contributed by atoms with van der Waals surface area (Å²) in [5.74, 6) is 0.0239. The predicted octanol–water partition coefficient (Wildman–Crippen LogP) is 3.70. The van der Waals surface area contributed by atoms with Gasteiger partial charge in [-0.2, -0.15) is 0 Å². The fourth-order valence-corrected chi connectivity index (χ4v) is 3.66. The minimum Gasteiger partial charge on any atom is -0.444 e. The van der Waals surface area contributed by atoms with Crippen LogP contribution in [0.15, 0.2) is 53.3 Å². The maximum Gasteiger partial charge on any atom is 0.413 e. The summed E-state index contributed by atoms with van der Waals surface area (Å²) in [5, 5.41) is 5.41. The molecule has 9 heteroatoms. The number of anilines is 2. The molecule has 0 spiro atoms. The number of aromatic nitrogens is 2. The lowest BCUT2D eigenvalue weighted by Crippen LogP contribution is -2.34. The van der Waals surface area contributed by atoms with E-state index in [1.165, 1.54) is 4.57 Å². The molecule has 190 valence electrons. The summed E-state index contributed by atoms with van der Waals surface area (Å²) in [6.07, 6.45) is -0.0498. The van der Waals surface area contributed by atoms with Crippen molar-refractivity contribution in [1.82, 2.24) is 14.9 Å². The molecule has 0 aliphatic carbocycles. The molecule has 0 saturated carbocycles. The van der Waals surface area contributed by atoms with E-state index in [9.17, 15) is 14.4 Å². The molecular weight excluding hydrogens is 458 g/mol. The Labute approximate surface area is 210 Å². The molecule has 0 aliphatic rings. The van der Waals surface area contributed by atoms with Crippen molar-refractivity contribution in [2.24, 2.45) is 0 Å². The molecule has 0 saturated heterocycles. The lowest BCUT2D eigenvalue weighted by molar-refractivity contribution is -0.121. The van der Waals surface area contributed by atoms with Crippen LogP contribution < -0.4 is 21.9 Å². The predicted molar refractivity (Wildman–Crippen MR) is 140 cm³/mol. The molecule has 0 aliphatic heterocycles. The second-order valence-corrected chi connectivity index (χ2v) is 9.62. The van der Waals surface area contributed by atoms with Gasteiger partial charge in [0.2, 0.25) is 5.91 Å². The van der Waals surface area contributed by atoms with Crippen molar-refractivity contribution in [1.29, 1.82) is 0 Å². The summed E-state index contributed by atoms with van der Waals surface area (Å²) >= 11 is 0. The quantitative estimate of drug-likeness (QED) is 0.462. The minimum absolute atomic E-state index is 0.144. The highest BCUT2D eigenvalue weighted by Gasteiger charge is 2.17. The topological polar surface area (TPSA) is 128 Å². The third-order valence-electron chi connectivity index (χ3n) is 5.47. The number of aryl methyl sites for hydroxylation is 2. The van der Waals surface area contributed by atoms with Gasteiger partial charge in [0, 0.05) is 17.9 Å². The summed E-state index contributed by atoms with van der Waals surface area (Å²) in [4.78, 5) is 41.8. The van der Waals surface area contributed by atoms with Crippen LogP contribution in [-0.2, 0) is 29.0 Å². The van der Waals surface area contributed by atoms with Crippen LogP contribution in [0.2, 0.25) is 0 Å². The van der Waals surface area contributed by atoms with E-state index in [-0.39, 0.29) is 30.2 Å². The summed E-state index contributed by atoms with van der Waals surface area (Å²) in [6.45, 7) is 8.97. The minimum atomic E-state index is -0.615. The van der Waals surface area contributed by atoms with Crippen molar-refractivity contribution in [2.45, 2.75) is 59.7 Å². The van der Waals surface area contributed by atoms with Crippen LogP contribution in [0.1, 0.15) is 48.8 Å². The van der Waals surface area contributed by atoms with E-state index in [4.69, 9.17) is 10.5 Å². The first-order chi connectivity index (χ1) is 16.9. The second-order valence-electron chi connectivity index (χ2n) is 9.62. The second kappa shape index (κ2) is 11.1. The van der Waals surface area contributed by atoms with E-state index >= 15 is 0 Å². The number of pyridine rings is 2. The Hall–Kier alpha value is -4.14. The first kappa shape index (κ1) is 26.5. The van der Waals surface area contributed by atoms with E-state index in [1.54, 1.807) is 46.8 Å². The molecule has 0 fully saturated rings. The number of ether oxygens (including phenoxy) is 1. The Morgan fingerprint density at radius 2 is 1.75 bits per heavy atom. The molecule has 1 aromatic carbocycles. The first-order valence-electron chi connectivity index (χ1n) is 11.7. The van der Waals surface area contributed by atoms with Crippen molar-refractivity contribution in [3.63, 3.8) is 0 Å². The zero-order valence-corrected chi connectivity index (χ0v) is 21.3. The fourth-order valence-electron chi connectivity index (χ4n) is 3.66. The third kappa shape index (κ3) is 7.18. The van der Waals surface area contributed by atoms with Gasteiger partial charge in [-0.25, -0.2) is 9.78 Å². The molecule has 0 unspecified atom stereocenters. The van der Waals surface area contributed by atoms with Crippen LogP contribution >= 0.6 is 0 Å². The largest absolute Gasteiger partial charge is 0.444 e. The molecule has 4 N–H and O–H groups in total. The lowest BCUT2D eigenvalue weighted by atomic mass is 10.0. The highest BCUT2D eigenvalue weighted by atomic mass is 16.6. The van der Waals surface area contributed by atoms with Gasteiger partial charge in [0.05, 0.1) is 0 Å². The molecule has 2 heterocycles. The van der Waals surface area contributed by atoms with Gasteiger partial charge in [-0.05, 0) is 69.9 Å². The van der Waals surface area contributed by atoms with Crippen molar-refractivity contribution >= 4 is 23.5 Å². The number of nitrogens with two attached hydrogens (primary N) is 1. The molecule has 9 nitrogen and oxygen atoms in total. The molecule has 0 radical (unpaired) electrons. The van der Waals surface area contributed by atoms with E-state index in [1.807, 2.05) is 36.4 Å². The van der Waals surface area contributed by atoms with Crippen LogP contribution in [-0.4, -0.2) is 27.2 Å². The molecule has 0 bridgehead atoms. The number of hydrogen-bond acceptors (Lipinski definition) is 6. The number of carbonyl (C=O) groups is 2. The highest BCUT2D eigenvalue weighted by Crippen LogP contribution is 2.16. The maximum absolute atomic E-state index is 12.9. The standard InChI is InChI=1S/C27H33N5O4/c1-17-13-21(14-19-9-7-6-8-10-19)24(28)25(34)32(17)16-23(33)29-15-20-11-12-22(30-18(20)2)31-26(35)36-27(3,4)5/h6-13H,14-16,28H2,1-5H3,(H,29,33)(H,30,31,35). The Kier molecular flexibility index (Phi) is 8.14. The van der Waals surface area contributed by atoms with Gasteiger partial charge >= 0.3 is 6.09 Å². The summed E-state index contributed by atoms with van der Waals surface area (Å²) in [5.41, 5.74) is 9.15. The third-order valence-corrected chi connectivity index (χ3v) is 5.47. The summed E-state index contributed by atoms with van der Waals surface area (Å²) in [7, 11) is 0. The number of carbonyl (C=O) groups excluding carboxylic acids is 2. The van der Waals surface area contributed by atoms with E-state index in [0.717, 1.165) is 16.7 Å². The Bertz CT molecular complexity index is 1310. The number of benzene rings is 1. The molecule has 2 aromatic heterocycles. The summed E-state index contributed by atoms with van der Waals surface area (Å²) < 4.78 is 6.60. The van der Waals surface area contributed by atoms with Crippen molar-refractivity contribution < 1.29 is 14.3 Å². The normalized spacial score (nSPS) is 11.1. The summed E-state index contributed by atoms with van der Waals surface area (Å²) in [6, 6.07) is 15.0. The monoisotopic (exact) mass is 491 g/mol. The van der Waals surface area contributed by atoms with Crippen molar-refractivity contribution in [3.05, 3.63) is 87.0 Å². The van der Waals surface area contributed by atoms with Crippen molar-refractivity contribution in [3.8, 4) is 0 Å². The number of rotatable bonds is 7. The van der Waals surface area contributed by atoms with E-state index < -0.39 is 11.7 Å².